The van der Waals surface area contributed by atoms with Gasteiger partial charge in [-0.25, -0.2) is 4.99 Å². The van der Waals surface area contributed by atoms with Gasteiger partial charge in [-0.2, -0.15) is 0 Å². The number of amidine groups is 1. The molecule has 1 saturated carbocycles. The topological polar surface area (TPSA) is 24.8 Å². The standard InChI is InChI=1S/C13H23BN2O/c1-13(14)8-5-4-6-10-11(7-9-13)17-12(15-2)16(10)3/h10-11H,4-9H2,1-3H3. The van der Waals surface area contributed by atoms with Crippen LogP contribution in [-0.2, 0) is 4.74 Å². The first kappa shape index (κ1) is 12.8. The van der Waals surface area contributed by atoms with Gasteiger partial charge >= 0.3 is 0 Å². The minimum absolute atomic E-state index is 0.0249. The summed E-state index contributed by atoms with van der Waals surface area (Å²) < 4.78 is 5.93. The van der Waals surface area contributed by atoms with Crippen LogP contribution in [-0.4, -0.2) is 45.0 Å². The predicted molar refractivity (Wildman–Crippen MR) is 71.6 cm³/mol. The Kier molecular flexibility index (Phi) is 3.69. The van der Waals surface area contributed by atoms with E-state index in [4.69, 9.17) is 12.6 Å². The van der Waals surface area contributed by atoms with E-state index in [0.717, 1.165) is 25.3 Å². The van der Waals surface area contributed by atoms with Gasteiger partial charge in [-0.1, -0.05) is 37.9 Å². The molecule has 1 aliphatic heterocycles. The fourth-order valence-corrected chi connectivity index (χ4v) is 3.01. The van der Waals surface area contributed by atoms with Crippen molar-refractivity contribution in [1.29, 1.82) is 0 Å². The van der Waals surface area contributed by atoms with E-state index in [1.165, 1.54) is 19.3 Å². The second-order valence-corrected chi connectivity index (χ2v) is 5.78. The van der Waals surface area contributed by atoms with E-state index >= 15 is 0 Å². The molecule has 0 aromatic heterocycles. The zero-order valence-corrected chi connectivity index (χ0v) is 11.3. The van der Waals surface area contributed by atoms with E-state index in [0.29, 0.717) is 6.04 Å². The zero-order valence-electron chi connectivity index (χ0n) is 11.3. The van der Waals surface area contributed by atoms with Crippen molar-refractivity contribution in [2.24, 2.45) is 4.99 Å². The summed E-state index contributed by atoms with van der Waals surface area (Å²) in [5, 5.41) is -0.0249. The van der Waals surface area contributed by atoms with Gasteiger partial charge in [-0.05, 0) is 12.8 Å². The molecule has 4 heteroatoms. The maximum atomic E-state index is 6.30. The van der Waals surface area contributed by atoms with Gasteiger partial charge in [0.05, 0.1) is 13.9 Å². The van der Waals surface area contributed by atoms with E-state index in [9.17, 15) is 0 Å². The Bertz CT molecular complexity index is 304. The summed E-state index contributed by atoms with van der Waals surface area (Å²) in [7, 11) is 10.2. The van der Waals surface area contributed by atoms with Crippen LogP contribution in [0.3, 0.4) is 0 Å². The molecule has 2 rings (SSSR count). The Morgan fingerprint density at radius 2 is 2.12 bits per heavy atom. The van der Waals surface area contributed by atoms with E-state index in [-0.39, 0.29) is 11.4 Å². The van der Waals surface area contributed by atoms with Crippen LogP contribution < -0.4 is 0 Å². The molecule has 0 spiro atoms. The van der Waals surface area contributed by atoms with E-state index < -0.39 is 0 Å². The Morgan fingerprint density at radius 3 is 2.82 bits per heavy atom. The number of hydrogen-bond acceptors (Lipinski definition) is 2. The third-order valence-electron chi connectivity index (χ3n) is 4.17. The quantitative estimate of drug-likeness (QED) is 0.601. The lowest BCUT2D eigenvalue weighted by Gasteiger charge is -2.25. The molecule has 1 heterocycles. The monoisotopic (exact) mass is 234 g/mol. The first-order valence-corrected chi connectivity index (χ1v) is 6.69. The van der Waals surface area contributed by atoms with Crippen molar-refractivity contribution >= 4 is 13.9 Å². The van der Waals surface area contributed by atoms with Crippen molar-refractivity contribution in [1.82, 2.24) is 4.90 Å². The Hall–Kier alpha value is -0.665. The molecule has 2 radical (unpaired) electrons. The average molecular weight is 234 g/mol. The highest BCUT2D eigenvalue weighted by atomic mass is 16.5. The van der Waals surface area contributed by atoms with Crippen molar-refractivity contribution < 1.29 is 4.74 Å². The molecule has 3 nitrogen and oxygen atoms in total. The number of hydrogen-bond donors (Lipinski definition) is 0. The molecule has 0 aromatic carbocycles. The minimum Gasteiger partial charge on any atom is -0.460 e. The number of aliphatic imine (C=N–C) groups is 1. The largest absolute Gasteiger partial charge is 0.460 e. The molecule has 3 unspecified atom stereocenters. The van der Waals surface area contributed by atoms with Crippen molar-refractivity contribution in [2.75, 3.05) is 14.1 Å². The highest BCUT2D eigenvalue weighted by Gasteiger charge is 2.38. The molecule has 1 saturated heterocycles. The van der Waals surface area contributed by atoms with Crippen LogP contribution in [0.15, 0.2) is 4.99 Å². The second-order valence-electron chi connectivity index (χ2n) is 5.78. The summed E-state index contributed by atoms with van der Waals surface area (Å²) in [5.74, 6) is 0. The van der Waals surface area contributed by atoms with Gasteiger partial charge in [0.25, 0.3) is 6.02 Å². The Morgan fingerprint density at radius 1 is 1.35 bits per heavy atom. The SMILES string of the molecule is [B]C1(C)CCCCC2C(CC1)OC(=NC)N2C. The van der Waals surface area contributed by atoms with Crippen molar-refractivity contribution in [3.8, 4) is 0 Å². The first-order chi connectivity index (χ1) is 8.03. The smallest absolute Gasteiger partial charge is 0.287 e. The molecule has 0 aromatic rings. The van der Waals surface area contributed by atoms with Gasteiger partial charge in [0.15, 0.2) is 0 Å². The lowest BCUT2D eigenvalue weighted by atomic mass is 9.64. The second kappa shape index (κ2) is 4.91. The maximum Gasteiger partial charge on any atom is 0.287 e. The van der Waals surface area contributed by atoms with Crippen LogP contribution in [0.25, 0.3) is 0 Å². The first-order valence-electron chi connectivity index (χ1n) is 6.69. The lowest BCUT2D eigenvalue weighted by molar-refractivity contribution is 0.169. The lowest BCUT2D eigenvalue weighted by Crippen LogP contribution is -2.33. The van der Waals surface area contributed by atoms with Gasteiger partial charge in [0, 0.05) is 14.1 Å². The molecule has 3 atom stereocenters. The van der Waals surface area contributed by atoms with Crippen LogP contribution >= 0.6 is 0 Å². The summed E-state index contributed by atoms with van der Waals surface area (Å²) in [4.78, 5) is 6.40. The summed E-state index contributed by atoms with van der Waals surface area (Å²) in [6.45, 7) is 2.17. The number of ether oxygens (including phenoxy) is 1. The molecule has 2 aliphatic rings. The van der Waals surface area contributed by atoms with Crippen LogP contribution in [0.2, 0.25) is 5.31 Å². The van der Waals surface area contributed by atoms with Gasteiger partial charge < -0.3 is 9.64 Å². The molecular weight excluding hydrogens is 211 g/mol. The third-order valence-corrected chi connectivity index (χ3v) is 4.17. The van der Waals surface area contributed by atoms with Crippen molar-refractivity contribution in [3.63, 3.8) is 0 Å². The van der Waals surface area contributed by atoms with Gasteiger partial charge in [0.2, 0.25) is 0 Å². The van der Waals surface area contributed by atoms with Crippen molar-refractivity contribution in [3.05, 3.63) is 0 Å². The number of likely N-dealkylation sites (N-methyl/N-ethyl adjacent to an activating group) is 1. The number of fused-ring (bicyclic) bond motifs is 1. The summed E-state index contributed by atoms with van der Waals surface area (Å²) >= 11 is 0. The molecule has 0 bridgehead atoms. The fourth-order valence-electron chi connectivity index (χ4n) is 3.01. The van der Waals surface area contributed by atoms with Crippen LogP contribution in [0.4, 0.5) is 0 Å². The highest BCUT2D eigenvalue weighted by Crippen LogP contribution is 2.39. The molecule has 0 N–H and O–H groups in total. The van der Waals surface area contributed by atoms with Gasteiger partial charge in [-0.3, -0.25) is 0 Å². The van der Waals surface area contributed by atoms with E-state index in [2.05, 4.69) is 23.9 Å². The fraction of sp³-hybridized carbons (Fsp3) is 0.923. The normalized spacial score (nSPS) is 41.4. The summed E-state index contributed by atoms with van der Waals surface area (Å²) in [6, 6.07) is 1.28. The summed E-state index contributed by atoms with van der Waals surface area (Å²) in [6.07, 6.45) is 7.14. The van der Waals surface area contributed by atoms with Crippen molar-refractivity contribution in [2.45, 2.75) is 62.9 Å². The number of nitrogens with zero attached hydrogens (tertiary/aromatic N) is 2. The van der Waals surface area contributed by atoms with Crippen LogP contribution in [0, 0.1) is 0 Å². The molecular formula is C13H23BN2O. The minimum atomic E-state index is -0.0249. The van der Waals surface area contributed by atoms with E-state index in [1.807, 2.05) is 0 Å². The molecule has 17 heavy (non-hydrogen) atoms. The Labute approximate surface area is 106 Å². The highest BCUT2D eigenvalue weighted by molar-refractivity contribution is 6.14. The molecule has 94 valence electrons. The average Bonchev–Trinajstić information content (AvgIpc) is 2.61. The number of rotatable bonds is 0. The summed E-state index contributed by atoms with van der Waals surface area (Å²) in [5.41, 5.74) is 0. The predicted octanol–water partition coefficient (Wildman–Crippen LogP) is 2.37. The molecule has 0 amide bonds. The third kappa shape index (κ3) is 2.78. The molecule has 1 aliphatic carbocycles. The van der Waals surface area contributed by atoms with Crippen LogP contribution in [0.1, 0.15) is 45.4 Å². The Balaban J connectivity index is 2.09. The van der Waals surface area contributed by atoms with E-state index in [1.54, 1.807) is 7.05 Å². The van der Waals surface area contributed by atoms with Gasteiger partial charge in [0.1, 0.15) is 6.10 Å². The van der Waals surface area contributed by atoms with Crippen LogP contribution in [0.5, 0.6) is 0 Å². The zero-order chi connectivity index (χ0) is 12.5. The maximum absolute atomic E-state index is 6.30. The van der Waals surface area contributed by atoms with Gasteiger partial charge in [-0.15, -0.1) is 0 Å². The molecule has 2 fully saturated rings.